The lowest BCUT2D eigenvalue weighted by Gasteiger charge is -2.10. The number of amides is 2. The van der Waals surface area contributed by atoms with Crippen LogP contribution >= 0.6 is 46.4 Å². The molecule has 0 heterocycles. The molecule has 0 saturated heterocycles. The topological polar surface area (TPSA) is 79.8 Å². The summed E-state index contributed by atoms with van der Waals surface area (Å²) >= 11 is 23.9. The van der Waals surface area contributed by atoms with Crippen molar-refractivity contribution in [3.63, 3.8) is 0 Å². The van der Waals surface area contributed by atoms with Crippen molar-refractivity contribution in [2.45, 2.75) is 13.0 Å². The van der Waals surface area contributed by atoms with Crippen molar-refractivity contribution < 1.29 is 14.3 Å². The van der Waals surface area contributed by atoms with Crippen LogP contribution in [-0.4, -0.2) is 24.6 Å². The third-order valence-electron chi connectivity index (χ3n) is 4.53. The van der Waals surface area contributed by atoms with Gasteiger partial charge in [-0.3, -0.25) is 9.59 Å². The molecule has 0 aromatic heterocycles. The van der Waals surface area contributed by atoms with Crippen LogP contribution in [0.15, 0.2) is 65.8 Å². The molecule has 34 heavy (non-hydrogen) atoms. The third-order valence-corrected chi connectivity index (χ3v) is 5.86. The summed E-state index contributed by atoms with van der Waals surface area (Å²) in [5.74, 6) is -0.154. The Morgan fingerprint density at radius 2 is 1.71 bits per heavy atom. The number of rotatable bonds is 9. The van der Waals surface area contributed by atoms with E-state index in [0.717, 1.165) is 5.56 Å². The quantitative estimate of drug-likeness (QED) is 0.253. The fraction of sp³-hybridized carbons (Fsp3) is 0.125. The van der Waals surface area contributed by atoms with Crippen LogP contribution in [0.4, 0.5) is 0 Å². The first-order valence-electron chi connectivity index (χ1n) is 10.0. The first kappa shape index (κ1) is 25.8. The molecule has 0 aliphatic heterocycles. The summed E-state index contributed by atoms with van der Waals surface area (Å²) in [6, 6.07) is 17.0. The molecule has 2 amide bonds. The lowest BCUT2D eigenvalue weighted by molar-refractivity contribution is -0.120. The van der Waals surface area contributed by atoms with Gasteiger partial charge in [-0.05, 0) is 42.5 Å². The maximum atomic E-state index is 12.1. The standard InChI is InChI=1S/C24H19Cl4N3O3/c25-18-7-5-17(20(27)12-18)14-34-22-4-2-1-3-16(22)13-30-31-23(32)9-10-29-24(33)15-6-8-19(26)21(28)11-15/h1-8,11-13H,9-10,14H2,(H,29,33)(H,31,32). The second kappa shape index (κ2) is 12.6. The number of carbonyl (C=O) groups is 2. The zero-order valence-electron chi connectivity index (χ0n) is 17.7. The Morgan fingerprint density at radius 3 is 2.47 bits per heavy atom. The minimum absolute atomic E-state index is 0.0393. The molecule has 6 nitrogen and oxygen atoms in total. The molecule has 10 heteroatoms. The number of hydrogen-bond acceptors (Lipinski definition) is 4. The molecule has 0 aliphatic rings. The first-order chi connectivity index (χ1) is 16.3. The summed E-state index contributed by atoms with van der Waals surface area (Å²) in [6.07, 6.45) is 1.52. The van der Waals surface area contributed by atoms with Crippen LogP contribution < -0.4 is 15.5 Å². The zero-order chi connectivity index (χ0) is 24.5. The number of ether oxygens (including phenoxy) is 1. The van der Waals surface area contributed by atoms with Crippen molar-refractivity contribution in [2.75, 3.05) is 6.54 Å². The highest BCUT2D eigenvalue weighted by Crippen LogP contribution is 2.24. The van der Waals surface area contributed by atoms with Gasteiger partial charge < -0.3 is 10.1 Å². The minimum Gasteiger partial charge on any atom is -0.488 e. The van der Waals surface area contributed by atoms with Crippen LogP contribution in [-0.2, 0) is 11.4 Å². The molecule has 2 N–H and O–H groups in total. The van der Waals surface area contributed by atoms with E-state index in [1.165, 1.54) is 18.3 Å². The van der Waals surface area contributed by atoms with Gasteiger partial charge >= 0.3 is 0 Å². The highest BCUT2D eigenvalue weighted by atomic mass is 35.5. The van der Waals surface area contributed by atoms with Gasteiger partial charge in [-0.15, -0.1) is 0 Å². The second-order valence-electron chi connectivity index (χ2n) is 6.99. The first-order valence-corrected chi connectivity index (χ1v) is 11.6. The van der Waals surface area contributed by atoms with Gasteiger partial charge in [0.25, 0.3) is 5.91 Å². The molecular formula is C24H19Cl4N3O3. The highest BCUT2D eigenvalue weighted by Gasteiger charge is 2.09. The van der Waals surface area contributed by atoms with Crippen LogP contribution in [0.3, 0.4) is 0 Å². The van der Waals surface area contributed by atoms with Crippen molar-refractivity contribution in [1.82, 2.24) is 10.7 Å². The van der Waals surface area contributed by atoms with Crippen LogP contribution in [0.25, 0.3) is 0 Å². The van der Waals surface area contributed by atoms with Crippen LogP contribution in [0.5, 0.6) is 5.75 Å². The molecule has 3 aromatic carbocycles. The molecule has 0 saturated carbocycles. The Labute approximate surface area is 216 Å². The summed E-state index contributed by atoms with van der Waals surface area (Å²) in [6.45, 7) is 0.369. The summed E-state index contributed by atoms with van der Waals surface area (Å²) < 4.78 is 5.85. The molecule has 0 spiro atoms. The molecule has 0 unspecified atom stereocenters. The summed E-state index contributed by atoms with van der Waals surface area (Å²) in [7, 11) is 0. The lowest BCUT2D eigenvalue weighted by Crippen LogP contribution is -2.29. The molecule has 0 atom stereocenters. The van der Waals surface area contributed by atoms with Gasteiger partial charge in [-0.25, -0.2) is 5.43 Å². The van der Waals surface area contributed by atoms with Crippen LogP contribution in [0.2, 0.25) is 20.1 Å². The molecule has 0 aliphatic carbocycles. The van der Waals surface area contributed by atoms with Crippen molar-refractivity contribution in [3.8, 4) is 5.75 Å². The Kier molecular flexibility index (Phi) is 9.60. The number of benzene rings is 3. The number of carbonyl (C=O) groups excluding carboxylic acids is 2. The molecule has 176 valence electrons. The molecule has 3 aromatic rings. The normalized spacial score (nSPS) is 10.8. The fourth-order valence-electron chi connectivity index (χ4n) is 2.77. The number of hydrazone groups is 1. The van der Waals surface area contributed by atoms with Gasteiger partial charge in [-0.2, -0.15) is 5.10 Å². The van der Waals surface area contributed by atoms with E-state index in [2.05, 4.69) is 15.8 Å². The third kappa shape index (κ3) is 7.64. The van der Waals surface area contributed by atoms with E-state index in [-0.39, 0.29) is 36.4 Å². The minimum atomic E-state index is -0.364. The van der Waals surface area contributed by atoms with E-state index in [1.807, 2.05) is 12.1 Å². The van der Waals surface area contributed by atoms with E-state index in [9.17, 15) is 9.59 Å². The van der Waals surface area contributed by atoms with Gasteiger partial charge in [0, 0.05) is 39.7 Å². The van der Waals surface area contributed by atoms with E-state index in [0.29, 0.717) is 31.9 Å². The van der Waals surface area contributed by atoms with Crippen LogP contribution in [0.1, 0.15) is 27.9 Å². The summed E-state index contributed by atoms with van der Waals surface area (Å²) in [5.41, 5.74) is 4.23. The summed E-state index contributed by atoms with van der Waals surface area (Å²) in [5, 5.41) is 8.31. The monoisotopic (exact) mass is 537 g/mol. The van der Waals surface area contributed by atoms with Crippen molar-refractivity contribution in [2.24, 2.45) is 5.10 Å². The number of hydrogen-bond donors (Lipinski definition) is 2. The zero-order valence-corrected chi connectivity index (χ0v) is 20.7. The van der Waals surface area contributed by atoms with Gasteiger partial charge in [0.2, 0.25) is 5.91 Å². The Hall–Kier alpha value is -2.77. The average Bonchev–Trinajstić information content (AvgIpc) is 2.81. The highest BCUT2D eigenvalue weighted by molar-refractivity contribution is 6.42. The summed E-state index contributed by atoms with van der Waals surface area (Å²) in [4.78, 5) is 24.2. The van der Waals surface area contributed by atoms with E-state index >= 15 is 0 Å². The van der Waals surface area contributed by atoms with E-state index in [4.69, 9.17) is 51.1 Å². The maximum absolute atomic E-state index is 12.1. The smallest absolute Gasteiger partial charge is 0.251 e. The number of nitrogens with one attached hydrogen (secondary N) is 2. The van der Waals surface area contributed by atoms with Crippen molar-refractivity contribution >= 4 is 64.4 Å². The Bertz CT molecular complexity index is 1220. The van der Waals surface area contributed by atoms with Crippen LogP contribution in [0, 0.1) is 0 Å². The predicted molar refractivity (Wildman–Crippen MR) is 136 cm³/mol. The lowest BCUT2D eigenvalue weighted by atomic mass is 10.2. The molecular weight excluding hydrogens is 520 g/mol. The Morgan fingerprint density at radius 1 is 0.912 bits per heavy atom. The van der Waals surface area contributed by atoms with Crippen molar-refractivity contribution in [3.05, 3.63) is 97.4 Å². The van der Waals surface area contributed by atoms with Gasteiger partial charge in [-0.1, -0.05) is 64.6 Å². The average molecular weight is 539 g/mol. The largest absolute Gasteiger partial charge is 0.488 e. The molecule has 0 bridgehead atoms. The van der Waals surface area contributed by atoms with Gasteiger partial charge in [0.15, 0.2) is 0 Å². The van der Waals surface area contributed by atoms with Gasteiger partial charge in [0.05, 0.1) is 16.3 Å². The van der Waals surface area contributed by atoms with Crippen molar-refractivity contribution in [1.29, 1.82) is 0 Å². The fourth-order valence-corrected chi connectivity index (χ4v) is 3.53. The van der Waals surface area contributed by atoms with E-state index in [1.54, 1.807) is 36.4 Å². The Balaban J connectivity index is 1.47. The second-order valence-corrected chi connectivity index (χ2v) is 8.65. The molecule has 0 radical (unpaired) electrons. The number of halogens is 4. The number of para-hydroxylation sites is 1. The molecule has 3 rings (SSSR count). The predicted octanol–water partition coefficient (Wildman–Crippen LogP) is 6.15. The molecule has 0 fully saturated rings. The van der Waals surface area contributed by atoms with Gasteiger partial charge in [0.1, 0.15) is 12.4 Å². The SMILES string of the molecule is O=C(CCNC(=O)c1ccc(Cl)c(Cl)c1)NN=Cc1ccccc1OCc1ccc(Cl)cc1Cl. The maximum Gasteiger partial charge on any atom is 0.251 e. The van der Waals surface area contributed by atoms with E-state index < -0.39 is 0 Å². The number of nitrogens with zero attached hydrogens (tertiary/aromatic N) is 1.